The molecule has 0 saturated carbocycles. The first kappa shape index (κ1) is 13.5. The number of para-hydroxylation sites is 1. The summed E-state index contributed by atoms with van der Waals surface area (Å²) in [6.45, 7) is 2.11. The zero-order chi connectivity index (χ0) is 12.7. The summed E-state index contributed by atoms with van der Waals surface area (Å²) in [5, 5.41) is 0. The first-order valence-electron chi connectivity index (χ1n) is 5.64. The Labute approximate surface area is 101 Å². The van der Waals surface area contributed by atoms with Crippen molar-refractivity contribution in [1.82, 2.24) is 0 Å². The summed E-state index contributed by atoms with van der Waals surface area (Å²) in [7, 11) is 1.34. The van der Waals surface area contributed by atoms with Crippen molar-refractivity contribution in [2.45, 2.75) is 19.8 Å². The number of ether oxygens (including phenoxy) is 2. The molecule has 3 nitrogen and oxygen atoms in total. The van der Waals surface area contributed by atoms with E-state index in [-0.39, 0.29) is 24.2 Å². The van der Waals surface area contributed by atoms with Crippen LogP contribution < -0.4 is 4.74 Å². The van der Waals surface area contributed by atoms with Crippen LogP contribution in [-0.4, -0.2) is 19.7 Å². The van der Waals surface area contributed by atoms with Gasteiger partial charge in [-0.1, -0.05) is 25.5 Å². The predicted octanol–water partition coefficient (Wildman–Crippen LogP) is 2.79. The molecule has 94 valence electrons. The van der Waals surface area contributed by atoms with Gasteiger partial charge in [0.05, 0.1) is 13.0 Å². The largest absolute Gasteiger partial charge is 0.490 e. The third-order valence-electron chi connectivity index (χ3n) is 2.45. The van der Waals surface area contributed by atoms with E-state index in [9.17, 15) is 9.18 Å². The second kappa shape index (κ2) is 6.89. The summed E-state index contributed by atoms with van der Waals surface area (Å²) >= 11 is 0. The molecule has 0 aliphatic rings. The Balaban J connectivity index is 2.57. The van der Waals surface area contributed by atoms with Crippen LogP contribution in [0.4, 0.5) is 4.39 Å². The van der Waals surface area contributed by atoms with Gasteiger partial charge in [0.15, 0.2) is 11.6 Å². The Bertz CT molecular complexity index is 365. The number of methoxy groups -OCH3 is 1. The lowest BCUT2D eigenvalue weighted by Gasteiger charge is -2.14. The Hall–Kier alpha value is -1.58. The molecule has 1 atom stereocenters. The van der Waals surface area contributed by atoms with E-state index in [1.165, 1.54) is 19.2 Å². The van der Waals surface area contributed by atoms with Gasteiger partial charge in [-0.15, -0.1) is 0 Å². The summed E-state index contributed by atoms with van der Waals surface area (Å²) < 4.78 is 23.2. The summed E-state index contributed by atoms with van der Waals surface area (Å²) in [5.41, 5.74) is 0. The van der Waals surface area contributed by atoms with Crippen molar-refractivity contribution in [1.29, 1.82) is 0 Å². The zero-order valence-electron chi connectivity index (χ0n) is 10.1. The number of benzene rings is 1. The number of carbonyl (C=O) groups excluding carboxylic acids is 1. The lowest BCUT2D eigenvalue weighted by molar-refractivity contribution is -0.146. The van der Waals surface area contributed by atoms with E-state index in [1.54, 1.807) is 12.1 Å². The highest BCUT2D eigenvalue weighted by Crippen LogP contribution is 2.18. The molecular formula is C13H17FO3. The molecule has 1 aromatic carbocycles. The van der Waals surface area contributed by atoms with E-state index in [1.807, 2.05) is 6.92 Å². The molecule has 0 amide bonds. The summed E-state index contributed by atoms with van der Waals surface area (Å²) in [6.07, 6.45) is 1.52. The quantitative estimate of drug-likeness (QED) is 0.717. The standard InChI is InChI=1S/C13H17FO3/c1-3-6-10(13(15)16-2)9-17-12-8-5-4-7-11(12)14/h4-5,7-8,10H,3,6,9H2,1-2H3. The lowest BCUT2D eigenvalue weighted by Crippen LogP contribution is -2.23. The van der Waals surface area contributed by atoms with Gasteiger partial charge in [0.2, 0.25) is 0 Å². The van der Waals surface area contributed by atoms with Crippen LogP contribution in [0.25, 0.3) is 0 Å². The Morgan fingerprint density at radius 1 is 1.41 bits per heavy atom. The smallest absolute Gasteiger partial charge is 0.312 e. The summed E-state index contributed by atoms with van der Waals surface area (Å²) in [5.74, 6) is -0.919. The Morgan fingerprint density at radius 3 is 2.71 bits per heavy atom. The van der Waals surface area contributed by atoms with E-state index < -0.39 is 5.82 Å². The van der Waals surface area contributed by atoms with Gasteiger partial charge in [0.25, 0.3) is 0 Å². The van der Waals surface area contributed by atoms with Crippen LogP contribution in [0, 0.1) is 11.7 Å². The number of rotatable bonds is 6. The van der Waals surface area contributed by atoms with E-state index in [0.29, 0.717) is 6.42 Å². The lowest BCUT2D eigenvalue weighted by atomic mass is 10.1. The monoisotopic (exact) mass is 240 g/mol. The molecule has 0 saturated heterocycles. The molecule has 1 aromatic rings. The average molecular weight is 240 g/mol. The molecule has 0 heterocycles. The molecule has 0 aliphatic heterocycles. The molecule has 0 N–H and O–H groups in total. The van der Waals surface area contributed by atoms with E-state index >= 15 is 0 Å². The molecular weight excluding hydrogens is 223 g/mol. The molecule has 17 heavy (non-hydrogen) atoms. The molecule has 0 bridgehead atoms. The minimum Gasteiger partial charge on any atom is -0.490 e. The van der Waals surface area contributed by atoms with Gasteiger partial charge < -0.3 is 9.47 Å². The fourth-order valence-corrected chi connectivity index (χ4v) is 1.54. The van der Waals surface area contributed by atoms with Gasteiger partial charge in [-0.05, 0) is 18.6 Å². The van der Waals surface area contributed by atoms with Gasteiger partial charge in [-0.3, -0.25) is 4.79 Å². The van der Waals surface area contributed by atoms with Crippen LogP contribution in [0.3, 0.4) is 0 Å². The van der Waals surface area contributed by atoms with Crippen LogP contribution in [0.5, 0.6) is 5.75 Å². The van der Waals surface area contributed by atoms with E-state index in [0.717, 1.165) is 6.42 Å². The van der Waals surface area contributed by atoms with Crippen molar-refractivity contribution < 1.29 is 18.7 Å². The molecule has 0 aliphatic carbocycles. The summed E-state index contributed by atoms with van der Waals surface area (Å²) in [4.78, 5) is 11.4. The van der Waals surface area contributed by atoms with Crippen molar-refractivity contribution >= 4 is 5.97 Å². The van der Waals surface area contributed by atoms with E-state index in [2.05, 4.69) is 4.74 Å². The predicted molar refractivity (Wildman–Crippen MR) is 62.3 cm³/mol. The van der Waals surface area contributed by atoms with Crippen molar-refractivity contribution in [3.63, 3.8) is 0 Å². The van der Waals surface area contributed by atoms with E-state index in [4.69, 9.17) is 4.74 Å². The third kappa shape index (κ3) is 4.06. The maximum Gasteiger partial charge on any atom is 0.312 e. The van der Waals surface area contributed by atoms with Gasteiger partial charge in [0.1, 0.15) is 6.61 Å². The second-order valence-corrected chi connectivity index (χ2v) is 3.75. The summed E-state index contributed by atoms with van der Waals surface area (Å²) in [6, 6.07) is 6.13. The molecule has 4 heteroatoms. The minimum atomic E-state index is -0.424. The van der Waals surface area contributed by atoms with Gasteiger partial charge >= 0.3 is 5.97 Å². The van der Waals surface area contributed by atoms with Crippen molar-refractivity contribution in [2.75, 3.05) is 13.7 Å². The van der Waals surface area contributed by atoms with Crippen molar-refractivity contribution in [3.8, 4) is 5.75 Å². The fourth-order valence-electron chi connectivity index (χ4n) is 1.54. The molecule has 0 aromatic heterocycles. The van der Waals surface area contributed by atoms with Gasteiger partial charge in [-0.25, -0.2) is 4.39 Å². The molecule has 0 spiro atoms. The molecule has 0 radical (unpaired) electrons. The first-order valence-corrected chi connectivity index (χ1v) is 5.64. The van der Waals surface area contributed by atoms with Crippen LogP contribution >= 0.6 is 0 Å². The normalized spacial score (nSPS) is 11.9. The Morgan fingerprint density at radius 2 is 2.12 bits per heavy atom. The number of hydrogen-bond acceptors (Lipinski definition) is 3. The highest BCUT2D eigenvalue weighted by atomic mass is 19.1. The second-order valence-electron chi connectivity index (χ2n) is 3.75. The zero-order valence-corrected chi connectivity index (χ0v) is 10.1. The Kier molecular flexibility index (Phi) is 5.46. The van der Waals surface area contributed by atoms with Crippen molar-refractivity contribution in [2.24, 2.45) is 5.92 Å². The fraction of sp³-hybridized carbons (Fsp3) is 0.462. The van der Waals surface area contributed by atoms with Crippen molar-refractivity contribution in [3.05, 3.63) is 30.1 Å². The van der Waals surface area contributed by atoms with Crippen LogP contribution in [0.1, 0.15) is 19.8 Å². The van der Waals surface area contributed by atoms with Crippen LogP contribution in [0.15, 0.2) is 24.3 Å². The van der Waals surface area contributed by atoms with Crippen LogP contribution in [-0.2, 0) is 9.53 Å². The number of hydrogen-bond donors (Lipinski definition) is 0. The van der Waals surface area contributed by atoms with Crippen LogP contribution in [0.2, 0.25) is 0 Å². The highest BCUT2D eigenvalue weighted by molar-refractivity contribution is 5.72. The van der Waals surface area contributed by atoms with Gasteiger partial charge in [-0.2, -0.15) is 0 Å². The minimum absolute atomic E-state index is 0.140. The maximum absolute atomic E-state index is 13.3. The third-order valence-corrected chi connectivity index (χ3v) is 2.45. The average Bonchev–Trinajstić information content (AvgIpc) is 2.35. The number of halogens is 1. The van der Waals surface area contributed by atoms with Gasteiger partial charge in [0, 0.05) is 0 Å². The SMILES string of the molecule is CCCC(COc1ccccc1F)C(=O)OC. The number of carbonyl (C=O) groups is 1. The number of esters is 1. The molecule has 1 rings (SSSR count). The molecule has 1 unspecified atom stereocenters. The maximum atomic E-state index is 13.3. The highest BCUT2D eigenvalue weighted by Gasteiger charge is 2.19. The topological polar surface area (TPSA) is 35.5 Å². The molecule has 0 fully saturated rings. The first-order chi connectivity index (χ1) is 8.19.